The Morgan fingerprint density at radius 1 is 0.393 bits per heavy atom. The van der Waals surface area contributed by atoms with Gasteiger partial charge in [-0.2, -0.15) is 4.98 Å². The van der Waals surface area contributed by atoms with E-state index in [4.69, 9.17) is 18.1 Å². The smallest absolute Gasteiger partial charge is 0.233 e. The van der Waals surface area contributed by atoms with Crippen molar-refractivity contribution < 1.29 is 22.9 Å². The van der Waals surface area contributed by atoms with Gasteiger partial charge in [-0.25, -0.2) is 9.15 Å². The number of hydrogen-bond acceptors (Lipinski definition) is 11. The Kier molecular flexibility index (Phi) is 15.2. The maximum atomic E-state index is 5.98. The molecule has 12 heteroatoms. The van der Waals surface area contributed by atoms with E-state index in [9.17, 15) is 0 Å². The maximum absolute atomic E-state index is 5.98. The zero-order valence-electron chi connectivity index (χ0n) is 40.7. The van der Waals surface area contributed by atoms with E-state index >= 15 is 0 Å². The van der Waals surface area contributed by atoms with E-state index in [0.29, 0.717) is 17.7 Å². The van der Waals surface area contributed by atoms with Crippen LogP contribution in [0.2, 0.25) is 0 Å². The monoisotopic (exact) mass is 786 g/mol. The van der Waals surface area contributed by atoms with Crippen LogP contribution in [-0.2, 0) is 48.9 Å². The van der Waals surface area contributed by atoms with Crippen LogP contribution in [0.5, 0.6) is 0 Å². The van der Waals surface area contributed by atoms with E-state index in [1.165, 1.54) is 0 Å². The largest absolute Gasteiger partial charge is 0.424 e. The Morgan fingerprint density at radius 3 is 0.982 bits per heavy atom. The average molecular weight is 786 g/mol. The van der Waals surface area contributed by atoms with Gasteiger partial charge in [-0.1, -0.05) is 182 Å². The van der Waals surface area contributed by atoms with Crippen molar-refractivity contribution in [2.45, 2.75) is 236 Å². The lowest BCUT2D eigenvalue weighted by Crippen LogP contribution is -2.51. The van der Waals surface area contributed by atoms with Gasteiger partial charge in [0.25, 0.3) is 0 Å². The Hall–Kier alpha value is -3.44. The molecule has 0 aromatic carbocycles. The predicted molar refractivity (Wildman–Crippen MR) is 224 cm³/mol. The third kappa shape index (κ3) is 15.1. The van der Waals surface area contributed by atoms with E-state index in [1.54, 1.807) is 4.85 Å². The summed E-state index contributed by atoms with van der Waals surface area (Å²) in [6, 6.07) is 0. The first-order chi connectivity index (χ1) is 24.5. The number of aromatic nitrogens is 8. The molecule has 0 amide bonds. The summed E-state index contributed by atoms with van der Waals surface area (Å²) >= 11 is 0. The molecular weight excluding hydrogens is 705 g/mol. The van der Waals surface area contributed by atoms with Gasteiger partial charge in [-0.3, -0.25) is 0 Å². The summed E-state index contributed by atoms with van der Waals surface area (Å²) in [6.45, 7) is 56.8. The topological polar surface area (TPSA) is 147 Å². The van der Waals surface area contributed by atoms with Crippen molar-refractivity contribution in [1.29, 1.82) is 0 Å². The molecule has 12 nitrogen and oxygen atoms in total. The van der Waals surface area contributed by atoms with Gasteiger partial charge >= 0.3 is 0 Å². The summed E-state index contributed by atoms with van der Waals surface area (Å²) in [5, 5.41) is 24.6. The van der Waals surface area contributed by atoms with Crippen LogP contribution in [0.1, 0.15) is 233 Å². The molecule has 0 aliphatic carbocycles. The molecule has 0 spiro atoms. The van der Waals surface area contributed by atoms with Crippen molar-refractivity contribution >= 4 is 0 Å². The third-order valence-corrected chi connectivity index (χ3v) is 7.91. The van der Waals surface area contributed by atoms with E-state index in [2.05, 4.69) is 223 Å². The molecule has 0 atom stereocenters. The van der Waals surface area contributed by atoms with Crippen molar-refractivity contribution in [3.8, 4) is 0 Å². The van der Waals surface area contributed by atoms with E-state index in [0.717, 1.165) is 28.7 Å². The molecule has 320 valence electrons. The van der Waals surface area contributed by atoms with Crippen LogP contribution in [0.15, 0.2) is 18.1 Å². The normalized spacial score (nSPS) is 13.6. The highest BCUT2D eigenvalue weighted by Crippen LogP contribution is 2.33. The Balaban J connectivity index is 0.000000376. The Bertz CT molecular complexity index is 1620. The molecule has 0 saturated heterocycles. The van der Waals surface area contributed by atoms with Crippen LogP contribution in [0.25, 0.3) is 0 Å². The van der Waals surface area contributed by atoms with Crippen molar-refractivity contribution in [2.24, 2.45) is 0 Å². The fourth-order valence-corrected chi connectivity index (χ4v) is 4.39. The summed E-state index contributed by atoms with van der Waals surface area (Å²) < 4.78 is 21.6. The quantitative estimate of drug-likeness (QED) is 0.157. The highest BCUT2D eigenvalue weighted by atomic mass is 16.6. The molecule has 4 heterocycles. The first-order valence-electron chi connectivity index (χ1n) is 20.0. The van der Waals surface area contributed by atoms with Gasteiger partial charge in [0.1, 0.15) is 16.2 Å². The molecule has 4 rings (SSSR count). The van der Waals surface area contributed by atoms with Gasteiger partial charge in [0.2, 0.25) is 29.0 Å². The van der Waals surface area contributed by atoms with Gasteiger partial charge in [0, 0.05) is 69.2 Å². The van der Waals surface area contributed by atoms with Gasteiger partial charge in [-0.15, -0.1) is 10.2 Å². The molecule has 56 heavy (non-hydrogen) atoms. The average Bonchev–Trinajstić information content (AvgIpc) is 3.76. The van der Waals surface area contributed by atoms with Crippen LogP contribution in [-0.4, -0.2) is 35.8 Å². The van der Waals surface area contributed by atoms with Crippen LogP contribution in [0.4, 0.5) is 0 Å². The summed E-state index contributed by atoms with van der Waals surface area (Å²) in [7, 11) is 0. The van der Waals surface area contributed by atoms with E-state index in [1.807, 2.05) is 0 Å². The van der Waals surface area contributed by atoms with Crippen LogP contribution in [0, 0.1) is 0 Å². The molecule has 0 saturated carbocycles. The number of hydrogen-bond donors (Lipinski definition) is 0. The first kappa shape index (κ1) is 50.6. The maximum Gasteiger partial charge on any atom is 0.233 e. The van der Waals surface area contributed by atoms with Gasteiger partial charge in [0.05, 0.1) is 0 Å². The lowest BCUT2D eigenvalue weighted by molar-refractivity contribution is -0.949. The summed E-state index contributed by atoms with van der Waals surface area (Å²) in [5.74, 6) is 3.88. The Labute approximate surface area is 340 Å². The van der Waals surface area contributed by atoms with Gasteiger partial charge < -0.3 is 8.94 Å². The minimum absolute atomic E-state index is 0.00259. The molecule has 0 unspecified atom stereocenters. The zero-order valence-corrected chi connectivity index (χ0v) is 40.7. The SMILES string of the molecule is CC(C)(C)c1n[n+](C(C)(C)C)oc1C(C)(C)C.CC(C)(C)c1nnc(C(C)(C)C)o1.CC(C)(C)c1noc(C(C)(C)C)n1.CC(C)(C)c1nonc1C(C)(C)C. The van der Waals surface area contributed by atoms with Crippen LogP contribution < -0.4 is 4.85 Å². The summed E-state index contributed by atoms with van der Waals surface area (Å²) in [4.78, 5) is 6.11. The molecule has 0 bridgehead atoms. The second-order valence-electron chi connectivity index (χ2n) is 24.1. The number of rotatable bonds is 0. The van der Waals surface area contributed by atoms with Crippen LogP contribution in [0.3, 0.4) is 0 Å². The minimum Gasteiger partial charge on any atom is -0.424 e. The van der Waals surface area contributed by atoms with Crippen molar-refractivity contribution in [1.82, 2.24) is 35.8 Å². The van der Waals surface area contributed by atoms with E-state index in [-0.39, 0.29) is 48.9 Å². The fraction of sp³-hybridized carbons (Fsp3) is 0.818. The molecule has 4 aromatic heterocycles. The molecule has 0 N–H and O–H groups in total. The zero-order chi connectivity index (χ0) is 44.5. The highest BCUT2D eigenvalue weighted by Gasteiger charge is 2.40. The van der Waals surface area contributed by atoms with Crippen molar-refractivity contribution in [3.05, 3.63) is 46.3 Å². The van der Waals surface area contributed by atoms with Crippen molar-refractivity contribution in [2.75, 3.05) is 0 Å². The molecule has 0 radical (unpaired) electrons. The standard InChI is InChI=1S/C14H27N2O.3C10H18N2O/c1-12(2,3)10-11(13(4,5)6)17-16(15-10)14(7,8)9;1-9(2,3)7-11-12-8(13-7)10(4,5)6;1-9(2,3)7-11-8(13-12-7)10(4,5)6;1-9(2,3)7-8(10(4,5)6)12-13-11-7/h1-9H3;3*1-6H3/q+1;;;. The van der Waals surface area contributed by atoms with E-state index < -0.39 is 0 Å². The second kappa shape index (κ2) is 16.8. The predicted octanol–water partition coefficient (Wildman–Crippen LogP) is 11.3. The second-order valence-corrected chi connectivity index (χ2v) is 24.1. The lowest BCUT2D eigenvalue weighted by Gasteiger charge is -2.21. The summed E-state index contributed by atoms with van der Waals surface area (Å²) in [5.41, 5.74) is 2.62. The minimum atomic E-state index is -0.122. The van der Waals surface area contributed by atoms with Gasteiger partial charge in [-0.05, 0) is 0 Å². The lowest BCUT2D eigenvalue weighted by atomic mass is 9.82. The van der Waals surface area contributed by atoms with Crippen LogP contribution >= 0.6 is 0 Å². The highest BCUT2D eigenvalue weighted by molar-refractivity contribution is 5.23. The molecule has 0 aliphatic heterocycles. The molecule has 0 fully saturated rings. The number of nitrogens with zero attached hydrogens (tertiary/aromatic N) is 8. The molecule has 0 aliphatic rings. The first-order valence-corrected chi connectivity index (χ1v) is 20.0. The fourth-order valence-electron chi connectivity index (χ4n) is 4.39. The third-order valence-electron chi connectivity index (χ3n) is 7.91. The molecular formula is C44H81N8O4+. The summed E-state index contributed by atoms with van der Waals surface area (Å²) in [6.07, 6.45) is 0. The van der Waals surface area contributed by atoms with Gasteiger partial charge in [0.15, 0.2) is 11.5 Å². The molecule has 4 aromatic rings. The van der Waals surface area contributed by atoms with Crippen molar-refractivity contribution in [3.63, 3.8) is 0 Å². The Morgan fingerprint density at radius 2 is 0.768 bits per heavy atom.